The number of nitrogens with two attached hydrogens (primary N) is 1. The van der Waals surface area contributed by atoms with Crippen LogP contribution in [0.5, 0.6) is 0 Å². The fourth-order valence-electron chi connectivity index (χ4n) is 3.66. The smallest absolute Gasteiger partial charge is 0.319 e. The third kappa shape index (κ3) is 5.06. The molecule has 26 heavy (non-hydrogen) atoms. The Morgan fingerprint density at radius 2 is 2.27 bits per heavy atom. The first-order valence-corrected chi connectivity index (χ1v) is 10.4. The molecule has 0 bridgehead atoms. The molecule has 3 rings (SSSR count). The summed E-state index contributed by atoms with van der Waals surface area (Å²) < 4.78 is 12.1. The van der Waals surface area contributed by atoms with Gasteiger partial charge in [0.25, 0.3) is 0 Å². The van der Waals surface area contributed by atoms with Gasteiger partial charge in [-0.05, 0) is 12.2 Å². The zero-order chi connectivity index (χ0) is 18.7. The standard InChI is InChI=1S/C16H25BIN3O5/c18-8-25-15(23)11-3-1-2-9-6-12(21-13(22)7-20-16(19)24)17(10-4-5-10)26-14(9)11/h1-3,9-10,12,14-16,20,23-24H,4-8,19H2,(H,21,22)/t9?,12-,14?,15?,16?/m0/s1. The Kier molecular flexibility index (Phi) is 7.11. The van der Waals surface area contributed by atoms with Crippen molar-refractivity contribution in [2.75, 3.05) is 11.2 Å². The second-order valence-corrected chi connectivity index (χ2v) is 7.56. The molecule has 3 aliphatic rings. The Morgan fingerprint density at radius 1 is 1.50 bits per heavy atom. The maximum atomic E-state index is 12.1. The lowest BCUT2D eigenvalue weighted by molar-refractivity contribution is -0.121. The highest BCUT2D eigenvalue weighted by atomic mass is 127. The van der Waals surface area contributed by atoms with E-state index in [1.165, 1.54) is 0 Å². The van der Waals surface area contributed by atoms with Crippen LogP contribution >= 0.6 is 22.6 Å². The molecular formula is C16H25BIN3O5. The van der Waals surface area contributed by atoms with Gasteiger partial charge in [-0.3, -0.25) is 15.8 Å². The summed E-state index contributed by atoms with van der Waals surface area (Å²) in [7, 11) is 0. The first kappa shape index (κ1) is 20.2. The molecule has 0 aromatic carbocycles. The Hall–Kier alpha value is -0.495. The fourth-order valence-corrected chi connectivity index (χ4v) is 4.01. The van der Waals surface area contributed by atoms with Crippen LogP contribution in [0.3, 0.4) is 0 Å². The summed E-state index contributed by atoms with van der Waals surface area (Å²) in [5.41, 5.74) is 5.94. The molecule has 2 fully saturated rings. The van der Waals surface area contributed by atoms with Gasteiger partial charge in [-0.15, -0.1) is 0 Å². The van der Waals surface area contributed by atoms with E-state index in [1.54, 1.807) is 0 Å². The van der Waals surface area contributed by atoms with Gasteiger partial charge in [-0.25, -0.2) is 0 Å². The zero-order valence-corrected chi connectivity index (χ0v) is 16.5. The second-order valence-electron chi connectivity index (χ2n) is 6.94. The van der Waals surface area contributed by atoms with Crippen molar-refractivity contribution >= 4 is 35.4 Å². The van der Waals surface area contributed by atoms with Crippen LogP contribution in [0.1, 0.15) is 19.3 Å². The van der Waals surface area contributed by atoms with Crippen molar-refractivity contribution in [3.05, 3.63) is 23.8 Å². The fraction of sp³-hybridized carbons (Fsp3) is 0.688. The number of halogens is 1. The monoisotopic (exact) mass is 477 g/mol. The first-order valence-electron chi connectivity index (χ1n) is 8.85. The quantitative estimate of drug-likeness (QED) is 0.140. The van der Waals surface area contributed by atoms with E-state index in [1.807, 2.05) is 12.2 Å². The van der Waals surface area contributed by atoms with E-state index >= 15 is 0 Å². The molecule has 1 saturated carbocycles. The van der Waals surface area contributed by atoms with Gasteiger partial charge in [0, 0.05) is 17.4 Å². The highest BCUT2D eigenvalue weighted by Crippen LogP contribution is 2.46. The van der Waals surface area contributed by atoms with Gasteiger partial charge >= 0.3 is 6.92 Å². The average Bonchev–Trinajstić information content (AvgIpc) is 3.44. The number of aliphatic hydroxyl groups is 2. The van der Waals surface area contributed by atoms with Gasteiger partial charge in [0.2, 0.25) is 5.91 Å². The molecule has 8 nitrogen and oxygen atoms in total. The highest BCUT2D eigenvalue weighted by molar-refractivity contribution is 14.1. The molecule has 6 N–H and O–H groups in total. The molecule has 4 unspecified atom stereocenters. The molecule has 0 aromatic rings. The molecular weight excluding hydrogens is 452 g/mol. The van der Waals surface area contributed by atoms with E-state index < -0.39 is 12.6 Å². The molecule has 1 heterocycles. The molecule has 1 aliphatic heterocycles. The number of carbonyl (C=O) groups excluding carboxylic acids is 1. The lowest BCUT2D eigenvalue weighted by Crippen LogP contribution is -2.58. The topological polar surface area (TPSA) is 126 Å². The Balaban J connectivity index is 1.66. The molecule has 144 valence electrons. The third-order valence-electron chi connectivity index (χ3n) is 5.00. The van der Waals surface area contributed by atoms with Gasteiger partial charge < -0.3 is 24.9 Å². The summed E-state index contributed by atoms with van der Waals surface area (Å²) in [5.74, 6) is 0.149. The minimum absolute atomic E-state index is 0.0527. The van der Waals surface area contributed by atoms with Crippen LogP contribution in [-0.4, -0.2) is 58.9 Å². The normalized spacial score (nSPS) is 30.4. The Labute approximate surface area is 166 Å². The van der Waals surface area contributed by atoms with Crippen molar-refractivity contribution in [3.63, 3.8) is 0 Å². The summed E-state index contributed by atoms with van der Waals surface area (Å²) in [6.07, 6.45) is 6.26. The van der Waals surface area contributed by atoms with Crippen molar-refractivity contribution in [2.45, 2.75) is 49.8 Å². The van der Waals surface area contributed by atoms with Crippen molar-refractivity contribution in [1.29, 1.82) is 0 Å². The molecule has 10 heteroatoms. The molecule has 1 amide bonds. The van der Waals surface area contributed by atoms with Crippen molar-refractivity contribution < 1.29 is 24.4 Å². The number of hydrogen-bond donors (Lipinski definition) is 5. The van der Waals surface area contributed by atoms with Crippen molar-refractivity contribution in [2.24, 2.45) is 11.7 Å². The maximum absolute atomic E-state index is 12.1. The third-order valence-corrected chi connectivity index (χ3v) is 5.36. The van der Waals surface area contributed by atoms with Crippen LogP contribution in [-0.2, 0) is 14.2 Å². The SMILES string of the molecule is NC(O)NCC(=O)N[C@H]1CC2C=CC=C(C(O)OCI)C2OB1C1CC1. The number of fused-ring (bicyclic) bond motifs is 1. The molecule has 0 spiro atoms. The number of rotatable bonds is 8. The van der Waals surface area contributed by atoms with Crippen LogP contribution in [0, 0.1) is 5.92 Å². The second kappa shape index (κ2) is 9.13. The van der Waals surface area contributed by atoms with E-state index in [0.29, 0.717) is 10.4 Å². The maximum Gasteiger partial charge on any atom is 0.319 e. The predicted octanol–water partition coefficient (Wildman–Crippen LogP) is -0.381. The zero-order valence-electron chi connectivity index (χ0n) is 14.4. The average molecular weight is 477 g/mol. The summed E-state index contributed by atoms with van der Waals surface area (Å²) in [4.78, 5) is 12.1. The molecule has 0 aromatic heterocycles. The summed E-state index contributed by atoms with van der Waals surface area (Å²) in [5, 5.41) is 24.8. The molecule has 1 saturated heterocycles. The molecule has 5 atom stereocenters. The van der Waals surface area contributed by atoms with E-state index in [9.17, 15) is 9.90 Å². The van der Waals surface area contributed by atoms with Crippen molar-refractivity contribution in [3.8, 4) is 0 Å². The Morgan fingerprint density at radius 3 is 2.92 bits per heavy atom. The van der Waals surface area contributed by atoms with E-state index in [0.717, 1.165) is 24.8 Å². The Bertz CT molecular complexity index is 572. The molecule has 2 aliphatic carbocycles. The van der Waals surface area contributed by atoms with E-state index in [2.05, 4.69) is 39.3 Å². The van der Waals surface area contributed by atoms with Gasteiger partial charge in [0.15, 0.2) is 12.6 Å². The van der Waals surface area contributed by atoms with Crippen LogP contribution in [0.25, 0.3) is 0 Å². The summed E-state index contributed by atoms with van der Waals surface area (Å²) >= 11 is 2.05. The number of ether oxygens (including phenoxy) is 1. The summed E-state index contributed by atoms with van der Waals surface area (Å²) in [6, 6.07) is 0. The number of hydrogen-bond acceptors (Lipinski definition) is 7. The molecule has 0 radical (unpaired) electrons. The highest BCUT2D eigenvalue weighted by Gasteiger charge is 2.50. The first-order chi connectivity index (χ1) is 12.5. The van der Waals surface area contributed by atoms with Crippen LogP contribution in [0.2, 0.25) is 5.82 Å². The summed E-state index contributed by atoms with van der Waals surface area (Å²) in [6.45, 7) is -0.146. The minimum atomic E-state index is -1.22. The van der Waals surface area contributed by atoms with E-state index in [-0.39, 0.29) is 37.3 Å². The number of carbonyl (C=O) groups is 1. The lowest BCUT2D eigenvalue weighted by Gasteiger charge is -2.42. The van der Waals surface area contributed by atoms with Gasteiger partial charge in [0.1, 0.15) is 4.61 Å². The number of allylic oxidation sites excluding steroid dienone is 2. The van der Waals surface area contributed by atoms with Crippen molar-refractivity contribution in [1.82, 2.24) is 10.6 Å². The van der Waals surface area contributed by atoms with Crippen LogP contribution in [0.15, 0.2) is 23.8 Å². The number of amides is 1. The van der Waals surface area contributed by atoms with Crippen LogP contribution in [0.4, 0.5) is 0 Å². The number of aliphatic hydroxyl groups excluding tert-OH is 2. The lowest BCUT2D eigenvalue weighted by atomic mass is 9.50. The van der Waals surface area contributed by atoms with Gasteiger partial charge in [-0.1, -0.05) is 53.7 Å². The van der Waals surface area contributed by atoms with E-state index in [4.69, 9.17) is 20.2 Å². The van der Waals surface area contributed by atoms with Gasteiger partial charge in [0.05, 0.1) is 12.6 Å². The minimum Gasteiger partial charge on any atom is -0.426 e. The van der Waals surface area contributed by atoms with Crippen LogP contribution < -0.4 is 16.4 Å². The number of nitrogens with one attached hydrogen (secondary N) is 2. The largest absolute Gasteiger partial charge is 0.426 e. The predicted molar refractivity (Wildman–Crippen MR) is 105 cm³/mol. The number of alkyl halides is 1. The van der Waals surface area contributed by atoms with Gasteiger partial charge in [-0.2, -0.15) is 0 Å².